The fourth-order valence-corrected chi connectivity index (χ4v) is 3.47. The number of rotatable bonds is 17. The van der Waals surface area contributed by atoms with Crippen LogP contribution in [0.4, 0.5) is 0 Å². The highest BCUT2D eigenvalue weighted by atomic mass is 32.2. The first kappa shape index (κ1) is 25.9. The maximum atomic E-state index is 11.6. The van der Waals surface area contributed by atoms with Gasteiger partial charge < -0.3 is 9.84 Å². The van der Waals surface area contributed by atoms with Gasteiger partial charge >= 0.3 is 11.9 Å². The Kier molecular flexibility index (Phi) is 14.2. The largest absolute Gasteiger partial charge is 0.481 e. The molecule has 0 saturated heterocycles. The predicted molar refractivity (Wildman–Crippen MR) is 104 cm³/mol. The Hall–Kier alpha value is -1.15. The molecule has 7 nitrogen and oxygen atoms in total. The van der Waals surface area contributed by atoms with Gasteiger partial charge in [-0.2, -0.15) is 8.42 Å². The Balaban J connectivity index is 3.63. The zero-order valence-corrected chi connectivity index (χ0v) is 17.5. The van der Waals surface area contributed by atoms with Gasteiger partial charge in [-0.1, -0.05) is 78.1 Å². The van der Waals surface area contributed by atoms with Crippen molar-refractivity contribution in [1.29, 1.82) is 0 Å². The van der Waals surface area contributed by atoms with Crippen LogP contribution in [0.3, 0.4) is 0 Å². The molecule has 27 heavy (non-hydrogen) atoms. The van der Waals surface area contributed by atoms with Crippen LogP contribution in [0.1, 0.15) is 90.9 Å². The Labute approximate surface area is 163 Å². The van der Waals surface area contributed by atoms with Gasteiger partial charge in [0.25, 0.3) is 10.1 Å². The van der Waals surface area contributed by atoms with Crippen molar-refractivity contribution in [2.24, 2.45) is 5.92 Å². The summed E-state index contributed by atoms with van der Waals surface area (Å²) in [5, 5.41) is 6.55. The lowest BCUT2D eigenvalue weighted by atomic mass is 10.0. The second kappa shape index (κ2) is 14.9. The fraction of sp³-hybridized carbons (Fsp3) is 0.895. The quantitative estimate of drug-likeness (QED) is 0.210. The summed E-state index contributed by atoms with van der Waals surface area (Å²) in [5.74, 6) is -1.91. The number of carbonyl (C=O) groups is 2. The maximum absolute atomic E-state index is 11.6. The molecule has 0 aliphatic carbocycles. The number of carboxylic acids is 1. The van der Waals surface area contributed by atoms with Crippen LogP contribution in [0.5, 0.6) is 0 Å². The first-order chi connectivity index (χ1) is 12.6. The number of unbranched alkanes of at least 4 members (excludes halogenated alkanes) is 9. The first-order valence-electron chi connectivity index (χ1n) is 9.99. The zero-order chi connectivity index (χ0) is 20.7. The molecule has 1 atom stereocenters. The van der Waals surface area contributed by atoms with Gasteiger partial charge in [0.15, 0.2) is 5.25 Å². The summed E-state index contributed by atoms with van der Waals surface area (Å²) in [6.45, 7) is 4.54. The highest BCUT2D eigenvalue weighted by molar-refractivity contribution is 7.87. The molecule has 0 radical (unpaired) electrons. The maximum Gasteiger partial charge on any atom is 0.327 e. The van der Waals surface area contributed by atoms with E-state index in [0.29, 0.717) is 6.42 Å². The molecule has 0 aromatic rings. The van der Waals surface area contributed by atoms with Gasteiger partial charge in [-0.15, -0.1) is 0 Å². The van der Waals surface area contributed by atoms with Gasteiger partial charge in [0.1, 0.15) is 0 Å². The second-order valence-corrected chi connectivity index (χ2v) is 9.09. The summed E-state index contributed by atoms with van der Waals surface area (Å²) in [6, 6.07) is 0. The van der Waals surface area contributed by atoms with Crippen LogP contribution >= 0.6 is 0 Å². The van der Waals surface area contributed by atoms with E-state index < -0.39 is 33.7 Å². The number of carboxylic acid groups (broad SMARTS) is 1. The average molecular weight is 409 g/mol. The highest BCUT2D eigenvalue weighted by Gasteiger charge is 2.34. The molecular formula is C19H36O7S. The van der Waals surface area contributed by atoms with Gasteiger partial charge in [0, 0.05) is 0 Å². The summed E-state index contributed by atoms with van der Waals surface area (Å²) in [4.78, 5) is 22.2. The van der Waals surface area contributed by atoms with Gasteiger partial charge in [-0.3, -0.25) is 14.1 Å². The van der Waals surface area contributed by atoms with Crippen molar-refractivity contribution < 1.29 is 32.4 Å². The van der Waals surface area contributed by atoms with Gasteiger partial charge in [-0.25, -0.2) is 0 Å². The van der Waals surface area contributed by atoms with Gasteiger partial charge in [-0.05, 0) is 12.3 Å². The van der Waals surface area contributed by atoms with Crippen LogP contribution in [0.25, 0.3) is 0 Å². The van der Waals surface area contributed by atoms with Crippen molar-refractivity contribution in [3.05, 3.63) is 0 Å². The average Bonchev–Trinajstić information content (AvgIpc) is 2.55. The van der Waals surface area contributed by atoms with E-state index in [1.807, 2.05) is 0 Å². The van der Waals surface area contributed by atoms with E-state index in [1.165, 1.54) is 44.9 Å². The third-order valence-electron chi connectivity index (χ3n) is 4.40. The Morgan fingerprint density at radius 1 is 0.852 bits per heavy atom. The summed E-state index contributed by atoms with van der Waals surface area (Å²) in [6.07, 6.45) is 11.5. The van der Waals surface area contributed by atoms with Crippen molar-refractivity contribution in [1.82, 2.24) is 0 Å². The molecular weight excluding hydrogens is 372 g/mol. The van der Waals surface area contributed by atoms with E-state index in [0.717, 1.165) is 25.2 Å². The molecule has 160 valence electrons. The van der Waals surface area contributed by atoms with Crippen molar-refractivity contribution in [3.8, 4) is 0 Å². The lowest BCUT2D eigenvalue weighted by molar-refractivity contribution is -0.147. The molecule has 2 N–H and O–H groups in total. The third kappa shape index (κ3) is 15.6. The summed E-state index contributed by atoms with van der Waals surface area (Å²) >= 11 is 0. The first-order valence-corrected chi connectivity index (χ1v) is 11.5. The molecule has 0 heterocycles. The number of carbonyl (C=O) groups excluding carboxylic acids is 1. The molecule has 0 spiro atoms. The van der Waals surface area contributed by atoms with E-state index in [9.17, 15) is 18.0 Å². The topological polar surface area (TPSA) is 118 Å². The van der Waals surface area contributed by atoms with Crippen LogP contribution in [0, 0.1) is 5.92 Å². The lowest BCUT2D eigenvalue weighted by Crippen LogP contribution is -2.34. The molecule has 1 unspecified atom stereocenters. The Bertz CT molecular complexity index is 514. The van der Waals surface area contributed by atoms with Crippen LogP contribution in [-0.4, -0.2) is 41.9 Å². The standard InChI is InChI=1S/C19H36O7S/c1-16(2)13-11-9-7-5-3-4-6-8-10-12-14-26-19(22)17(15-18(20)21)27(23,24)25/h16-17H,3-15H2,1-2H3,(H,20,21)(H,23,24,25). The third-order valence-corrected chi connectivity index (χ3v) is 5.48. The Morgan fingerprint density at radius 3 is 1.70 bits per heavy atom. The number of esters is 1. The minimum Gasteiger partial charge on any atom is -0.481 e. The van der Waals surface area contributed by atoms with Crippen LogP contribution < -0.4 is 0 Å². The molecule has 0 rings (SSSR count). The van der Waals surface area contributed by atoms with Crippen molar-refractivity contribution in [2.75, 3.05) is 6.61 Å². The SMILES string of the molecule is CC(C)CCCCCCCCCCCCOC(=O)C(CC(=O)O)S(=O)(=O)O. The molecule has 0 fully saturated rings. The van der Waals surface area contributed by atoms with Gasteiger partial charge in [0.05, 0.1) is 13.0 Å². The monoisotopic (exact) mass is 408 g/mol. The summed E-state index contributed by atoms with van der Waals surface area (Å²) in [5.41, 5.74) is 0. The molecule has 0 bridgehead atoms. The highest BCUT2D eigenvalue weighted by Crippen LogP contribution is 2.14. The van der Waals surface area contributed by atoms with Crippen molar-refractivity contribution in [2.45, 2.75) is 96.1 Å². The molecule has 0 aliphatic heterocycles. The van der Waals surface area contributed by atoms with Gasteiger partial charge in [0.2, 0.25) is 0 Å². The van der Waals surface area contributed by atoms with E-state index in [4.69, 9.17) is 14.4 Å². The molecule has 0 amide bonds. The van der Waals surface area contributed by atoms with E-state index in [-0.39, 0.29) is 6.61 Å². The lowest BCUT2D eigenvalue weighted by Gasteiger charge is -2.11. The molecule has 0 aromatic carbocycles. The zero-order valence-electron chi connectivity index (χ0n) is 16.7. The smallest absolute Gasteiger partial charge is 0.327 e. The fourth-order valence-electron chi connectivity index (χ4n) is 2.80. The van der Waals surface area contributed by atoms with Crippen LogP contribution in [-0.2, 0) is 24.4 Å². The normalized spacial score (nSPS) is 12.9. The molecule has 0 aliphatic rings. The molecule has 0 saturated carbocycles. The summed E-state index contributed by atoms with van der Waals surface area (Å²) < 4.78 is 35.8. The molecule has 8 heteroatoms. The van der Waals surface area contributed by atoms with Crippen molar-refractivity contribution in [3.63, 3.8) is 0 Å². The number of ether oxygens (including phenoxy) is 1. The second-order valence-electron chi connectivity index (χ2n) is 7.49. The molecule has 0 aromatic heterocycles. The number of aliphatic carboxylic acids is 1. The predicted octanol–water partition coefficient (Wildman–Crippen LogP) is 4.21. The number of hydrogen-bond donors (Lipinski definition) is 2. The van der Waals surface area contributed by atoms with Crippen LogP contribution in [0.2, 0.25) is 0 Å². The summed E-state index contributed by atoms with van der Waals surface area (Å²) in [7, 11) is -4.79. The van der Waals surface area contributed by atoms with Crippen molar-refractivity contribution >= 4 is 22.1 Å². The van der Waals surface area contributed by atoms with E-state index in [1.54, 1.807) is 0 Å². The minimum atomic E-state index is -4.79. The number of hydrogen-bond acceptors (Lipinski definition) is 5. The minimum absolute atomic E-state index is 0.0281. The Morgan fingerprint density at radius 2 is 1.30 bits per heavy atom. The van der Waals surface area contributed by atoms with E-state index >= 15 is 0 Å². The van der Waals surface area contributed by atoms with Crippen LogP contribution in [0.15, 0.2) is 0 Å². The van der Waals surface area contributed by atoms with E-state index in [2.05, 4.69) is 13.8 Å².